The van der Waals surface area contributed by atoms with Crippen molar-refractivity contribution in [3.8, 4) is 0 Å². The Bertz CT molecular complexity index is 1040. The van der Waals surface area contributed by atoms with Crippen molar-refractivity contribution in [2.75, 3.05) is 0 Å². The second kappa shape index (κ2) is 7.78. The molecule has 0 bridgehead atoms. The van der Waals surface area contributed by atoms with Crippen LogP contribution in [0.1, 0.15) is 52.7 Å². The molecule has 0 radical (unpaired) electrons. The molecule has 28 heavy (non-hydrogen) atoms. The van der Waals surface area contributed by atoms with E-state index in [1.165, 1.54) is 6.08 Å². The topological polar surface area (TPSA) is 66.0 Å². The maximum atomic E-state index is 13.1. The standard InChI is InChI=1S/C22H31N3O3/c1-8-13-23-18(26)24(20(28)25(19(23)27)22(5,6)7)15-17-12-10-9-11-16(17)14-21(2,3)4/h8-12H,1,13-15H2,2-7H3. The van der Waals surface area contributed by atoms with Crippen LogP contribution in [0.2, 0.25) is 0 Å². The number of aromatic nitrogens is 3. The number of benzene rings is 1. The van der Waals surface area contributed by atoms with Gasteiger partial charge in [0.1, 0.15) is 0 Å². The molecule has 0 aliphatic carbocycles. The molecule has 152 valence electrons. The van der Waals surface area contributed by atoms with Crippen molar-refractivity contribution >= 4 is 0 Å². The van der Waals surface area contributed by atoms with Crippen molar-refractivity contribution in [2.45, 2.75) is 66.6 Å². The van der Waals surface area contributed by atoms with E-state index >= 15 is 0 Å². The SMILES string of the molecule is C=CCn1c(=O)n(Cc2ccccc2CC(C)(C)C)c(=O)n(C(C)(C)C)c1=O. The smallest absolute Gasteiger partial charge is 0.247 e. The summed E-state index contributed by atoms with van der Waals surface area (Å²) in [5.41, 5.74) is -0.506. The van der Waals surface area contributed by atoms with Crippen LogP contribution in [0.15, 0.2) is 51.3 Å². The minimum Gasteiger partial charge on any atom is -0.247 e. The minimum atomic E-state index is -0.753. The van der Waals surface area contributed by atoms with Gasteiger partial charge in [0.15, 0.2) is 0 Å². The third kappa shape index (κ3) is 4.61. The van der Waals surface area contributed by atoms with Crippen LogP contribution in [0.5, 0.6) is 0 Å². The number of rotatable bonds is 5. The molecule has 1 aromatic heterocycles. The molecule has 6 nitrogen and oxygen atoms in total. The highest BCUT2D eigenvalue weighted by Crippen LogP contribution is 2.23. The summed E-state index contributed by atoms with van der Waals surface area (Å²) in [5, 5.41) is 0. The molecule has 2 rings (SSSR count). The Morgan fingerprint density at radius 1 is 0.857 bits per heavy atom. The van der Waals surface area contributed by atoms with E-state index in [1.54, 1.807) is 20.8 Å². The molecule has 0 spiro atoms. The minimum absolute atomic E-state index is 0.0532. The number of hydrogen-bond acceptors (Lipinski definition) is 3. The molecule has 2 aromatic rings. The summed E-state index contributed by atoms with van der Waals surface area (Å²) in [5.74, 6) is 0. The maximum Gasteiger partial charge on any atom is 0.337 e. The third-order valence-electron chi connectivity index (χ3n) is 4.46. The number of allylic oxidation sites excluding steroid dienone is 1. The fourth-order valence-corrected chi connectivity index (χ4v) is 3.25. The summed E-state index contributed by atoms with van der Waals surface area (Å²) in [6.07, 6.45) is 2.30. The first-order valence-corrected chi connectivity index (χ1v) is 9.51. The Kier molecular flexibility index (Phi) is 6.02. The molecule has 0 fully saturated rings. The molecular weight excluding hydrogens is 354 g/mol. The molecule has 0 unspecified atom stereocenters. The Morgan fingerprint density at radius 2 is 1.39 bits per heavy atom. The first-order valence-electron chi connectivity index (χ1n) is 9.51. The molecule has 0 saturated heterocycles. The summed E-state index contributed by atoms with van der Waals surface area (Å²) in [7, 11) is 0. The van der Waals surface area contributed by atoms with Crippen molar-refractivity contribution in [1.82, 2.24) is 13.7 Å². The lowest BCUT2D eigenvalue weighted by atomic mass is 9.86. The lowest BCUT2D eigenvalue weighted by molar-refractivity contribution is 0.326. The Balaban J connectivity index is 2.73. The predicted molar refractivity (Wildman–Crippen MR) is 113 cm³/mol. The first-order chi connectivity index (χ1) is 12.9. The van der Waals surface area contributed by atoms with Gasteiger partial charge in [-0.15, -0.1) is 6.58 Å². The van der Waals surface area contributed by atoms with Gasteiger partial charge < -0.3 is 0 Å². The van der Waals surface area contributed by atoms with Gasteiger partial charge >= 0.3 is 17.1 Å². The summed E-state index contributed by atoms with van der Waals surface area (Å²) in [6, 6.07) is 7.80. The van der Waals surface area contributed by atoms with Crippen LogP contribution in [0.4, 0.5) is 0 Å². The summed E-state index contributed by atoms with van der Waals surface area (Å²) in [6.45, 7) is 15.6. The normalized spacial score (nSPS) is 12.2. The van der Waals surface area contributed by atoms with Gasteiger partial charge in [-0.25, -0.2) is 28.1 Å². The fraction of sp³-hybridized carbons (Fsp3) is 0.500. The van der Waals surface area contributed by atoms with Gasteiger partial charge in [0.25, 0.3) is 0 Å². The van der Waals surface area contributed by atoms with E-state index in [0.29, 0.717) is 0 Å². The van der Waals surface area contributed by atoms with Crippen LogP contribution in [0.25, 0.3) is 0 Å². The van der Waals surface area contributed by atoms with E-state index in [4.69, 9.17) is 0 Å². The Morgan fingerprint density at radius 3 is 1.89 bits per heavy atom. The van der Waals surface area contributed by atoms with Gasteiger partial charge in [0, 0.05) is 5.54 Å². The summed E-state index contributed by atoms with van der Waals surface area (Å²) < 4.78 is 3.36. The van der Waals surface area contributed by atoms with Crippen LogP contribution in [0.3, 0.4) is 0 Å². The molecule has 0 aliphatic heterocycles. The van der Waals surface area contributed by atoms with Crippen molar-refractivity contribution in [1.29, 1.82) is 0 Å². The van der Waals surface area contributed by atoms with Gasteiger partial charge in [0.05, 0.1) is 13.1 Å². The number of hydrogen-bond donors (Lipinski definition) is 0. The molecule has 0 atom stereocenters. The van der Waals surface area contributed by atoms with Gasteiger partial charge in [-0.05, 0) is 43.7 Å². The summed E-state index contributed by atoms with van der Waals surface area (Å²) >= 11 is 0. The van der Waals surface area contributed by atoms with E-state index < -0.39 is 22.6 Å². The zero-order chi connectivity index (χ0) is 21.3. The lowest BCUT2D eigenvalue weighted by Gasteiger charge is -2.24. The van der Waals surface area contributed by atoms with Gasteiger partial charge in [-0.3, -0.25) is 0 Å². The highest BCUT2D eigenvalue weighted by molar-refractivity contribution is 5.28. The van der Waals surface area contributed by atoms with E-state index in [2.05, 4.69) is 27.4 Å². The number of nitrogens with zero attached hydrogens (tertiary/aromatic N) is 3. The summed E-state index contributed by atoms with van der Waals surface area (Å²) in [4.78, 5) is 38.8. The van der Waals surface area contributed by atoms with Crippen molar-refractivity contribution in [3.05, 3.63) is 79.5 Å². The maximum absolute atomic E-state index is 13.1. The van der Waals surface area contributed by atoms with Crippen LogP contribution in [0, 0.1) is 5.41 Å². The molecule has 1 aromatic carbocycles. The average molecular weight is 386 g/mol. The highest BCUT2D eigenvalue weighted by Gasteiger charge is 2.24. The monoisotopic (exact) mass is 385 g/mol. The van der Waals surface area contributed by atoms with Crippen molar-refractivity contribution in [3.63, 3.8) is 0 Å². The molecule has 0 N–H and O–H groups in total. The quantitative estimate of drug-likeness (QED) is 0.744. The molecular formula is C22H31N3O3. The van der Waals surface area contributed by atoms with Crippen LogP contribution in [-0.2, 0) is 25.0 Å². The fourth-order valence-electron chi connectivity index (χ4n) is 3.25. The molecule has 0 aliphatic rings. The van der Waals surface area contributed by atoms with Gasteiger partial charge in [-0.2, -0.15) is 0 Å². The zero-order valence-electron chi connectivity index (χ0n) is 17.8. The lowest BCUT2D eigenvalue weighted by Crippen LogP contribution is -2.58. The Labute approximate surface area is 165 Å². The molecule has 6 heteroatoms. The van der Waals surface area contributed by atoms with Crippen LogP contribution in [-0.4, -0.2) is 13.7 Å². The first kappa shape index (κ1) is 21.7. The molecule has 0 saturated carbocycles. The van der Waals surface area contributed by atoms with Crippen LogP contribution < -0.4 is 17.1 Å². The second-order valence-electron chi connectivity index (χ2n) is 9.35. The van der Waals surface area contributed by atoms with E-state index in [1.807, 2.05) is 24.3 Å². The zero-order valence-corrected chi connectivity index (χ0v) is 17.8. The van der Waals surface area contributed by atoms with E-state index in [0.717, 1.165) is 31.2 Å². The van der Waals surface area contributed by atoms with E-state index in [-0.39, 0.29) is 18.5 Å². The molecule has 0 amide bonds. The van der Waals surface area contributed by atoms with E-state index in [9.17, 15) is 14.4 Å². The van der Waals surface area contributed by atoms with Crippen LogP contribution >= 0.6 is 0 Å². The average Bonchev–Trinajstić information content (AvgIpc) is 2.54. The Hall–Kier alpha value is -2.63. The van der Waals surface area contributed by atoms with Crippen molar-refractivity contribution in [2.24, 2.45) is 5.41 Å². The third-order valence-corrected chi connectivity index (χ3v) is 4.46. The van der Waals surface area contributed by atoms with Crippen molar-refractivity contribution < 1.29 is 0 Å². The van der Waals surface area contributed by atoms with Gasteiger partial charge in [-0.1, -0.05) is 51.1 Å². The predicted octanol–water partition coefficient (Wildman–Crippen LogP) is 2.75. The largest absolute Gasteiger partial charge is 0.337 e. The second-order valence-corrected chi connectivity index (χ2v) is 9.35. The highest BCUT2D eigenvalue weighted by atomic mass is 16.2. The molecule has 1 heterocycles. The van der Waals surface area contributed by atoms with Gasteiger partial charge in [0.2, 0.25) is 0 Å².